The summed E-state index contributed by atoms with van der Waals surface area (Å²) in [5.41, 5.74) is 0.953. The Balaban J connectivity index is 1.64. The van der Waals surface area contributed by atoms with Gasteiger partial charge in [0.25, 0.3) is 0 Å². The van der Waals surface area contributed by atoms with Crippen molar-refractivity contribution in [2.24, 2.45) is 5.92 Å². The zero-order valence-corrected chi connectivity index (χ0v) is 18.6. The number of hydrogen-bond donors (Lipinski definition) is 1. The van der Waals surface area contributed by atoms with Gasteiger partial charge in [0.1, 0.15) is 11.8 Å². The predicted molar refractivity (Wildman–Crippen MR) is 121 cm³/mol. The average molecular weight is 444 g/mol. The molecule has 2 aromatic heterocycles. The van der Waals surface area contributed by atoms with Gasteiger partial charge in [-0.1, -0.05) is 43.3 Å². The summed E-state index contributed by atoms with van der Waals surface area (Å²) in [5, 5.41) is 5.75. The lowest BCUT2D eigenvalue weighted by Gasteiger charge is -2.27. The summed E-state index contributed by atoms with van der Waals surface area (Å²) in [6, 6.07) is 17.7. The van der Waals surface area contributed by atoms with E-state index in [4.69, 9.17) is 28.2 Å². The second-order valence-corrected chi connectivity index (χ2v) is 9.29. The number of rotatable bonds is 6. The number of aromatic nitrogens is 1. The van der Waals surface area contributed by atoms with E-state index in [1.54, 1.807) is 11.8 Å². The van der Waals surface area contributed by atoms with E-state index in [-0.39, 0.29) is 12.1 Å². The molecule has 1 aliphatic rings. The van der Waals surface area contributed by atoms with Crippen LogP contribution < -0.4 is 5.32 Å². The highest BCUT2D eigenvalue weighted by molar-refractivity contribution is 7.99. The molecule has 1 aliphatic heterocycles. The van der Waals surface area contributed by atoms with Gasteiger partial charge in [0.15, 0.2) is 10.2 Å². The molecule has 0 saturated carbocycles. The lowest BCUT2D eigenvalue weighted by atomic mass is 10.0. The molecule has 1 N–H and O–H groups in total. The van der Waals surface area contributed by atoms with Crippen LogP contribution in [0.25, 0.3) is 0 Å². The van der Waals surface area contributed by atoms with Crippen molar-refractivity contribution < 1.29 is 4.42 Å². The van der Waals surface area contributed by atoms with E-state index in [0.717, 1.165) is 38.1 Å². The fourth-order valence-electron chi connectivity index (χ4n) is 3.47. The molecule has 1 saturated heterocycles. The first-order valence-electron chi connectivity index (χ1n) is 9.52. The van der Waals surface area contributed by atoms with E-state index in [1.807, 2.05) is 60.8 Å². The molecule has 0 aliphatic carbocycles. The van der Waals surface area contributed by atoms with E-state index >= 15 is 0 Å². The van der Waals surface area contributed by atoms with Crippen molar-refractivity contribution in [3.8, 4) is 0 Å². The Kier molecular flexibility index (Phi) is 6.13. The van der Waals surface area contributed by atoms with Gasteiger partial charge in [-0.25, -0.2) is 0 Å². The molecule has 4 nitrogen and oxygen atoms in total. The van der Waals surface area contributed by atoms with Gasteiger partial charge in [-0.15, -0.1) is 0 Å². The van der Waals surface area contributed by atoms with Crippen LogP contribution in [0.3, 0.4) is 0 Å². The minimum atomic E-state index is -0.0537. The van der Waals surface area contributed by atoms with Gasteiger partial charge in [0.2, 0.25) is 0 Å². The molecule has 7 heteroatoms. The molecule has 1 fully saturated rings. The maximum Gasteiger partial charge on any atom is 0.170 e. The fraction of sp³-hybridized carbons (Fsp3) is 0.273. The summed E-state index contributed by atoms with van der Waals surface area (Å²) in [6.45, 7) is 5.23. The SMILES string of the molecule is CC(C)CN1C(=S)N[C@@H](c2ccccn2)[C@H]1c1ccc(Sc2ccc(Cl)cc2)o1. The van der Waals surface area contributed by atoms with Crippen molar-refractivity contribution in [3.63, 3.8) is 0 Å². The molecule has 1 aromatic carbocycles. The molecular weight excluding hydrogens is 422 g/mol. The summed E-state index contributed by atoms with van der Waals surface area (Å²) < 4.78 is 6.27. The zero-order chi connectivity index (χ0) is 20.4. The number of pyridine rings is 1. The molecule has 0 amide bonds. The summed E-state index contributed by atoms with van der Waals surface area (Å²) in [6.07, 6.45) is 1.81. The van der Waals surface area contributed by atoms with Gasteiger partial charge in [-0.05, 0) is 66.7 Å². The van der Waals surface area contributed by atoms with E-state index in [1.165, 1.54) is 0 Å². The third-order valence-electron chi connectivity index (χ3n) is 4.69. The van der Waals surface area contributed by atoms with Crippen molar-refractivity contribution in [1.29, 1.82) is 0 Å². The molecule has 3 aromatic rings. The second-order valence-electron chi connectivity index (χ2n) is 7.39. The minimum Gasteiger partial charge on any atom is -0.452 e. The third-order valence-corrected chi connectivity index (χ3v) is 6.22. The lowest BCUT2D eigenvalue weighted by molar-refractivity contribution is 0.242. The van der Waals surface area contributed by atoms with Crippen molar-refractivity contribution in [2.45, 2.75) is 35.9 Å². The number of furan rings is 1. The van der Waals surface area contributed by atoms with Crippen molar-refractivity contribution >= 4 is 40.7 Å². The molecule has 150 valence electrons. The summed E-state index contributed by atoms with van der Waals surface area (Å²) in [5.74, 6) is 1.35. The van der Waals surface area contributed by atoms with E-state index in [2.05, 4.69) is 29.0 Å². The smallest absolute Gasteiger partial charge is 0.170 e. The quantitative estimate of drug-likeness (QED) is 0.463. The third kappa shape index (κ3) is 4.60. The van der Waals surface area contributed by atoms with Crippen LogP contribution in [0.5, 0.6) is 0 Å². The monoisotopic (exact) mass is 443 g/mol. The largest absolute Gasteiger partial charge is 0.452 e. The Labute approximate surface area is 185 Å². The van der Waals surface area contributed by atoms with E-state index in [0.29, 0.717) is 5.92 Å². The van der Waals surface area contributed by atoms with E-state index in [9.17, 15) is 0 Å². The highest BCUT2D eigenvalue weighted by atomic mass is 35.5. The minimum absolute atomic E-state index is 0.0423. The molecule has 0 bridgehead atoms. The second kappa shape index (κ2) is 8.78. The number of hydrogen-bond acceptors (Lipinski definition) is 4. The fourth-order valence-corrected chi connectivity index (χ4v) is 4.69. The van der Waals surface area contributed by atoms with Crippen LogP contribution in [0.4, 0.5) is 0 Å². The van der Waals surface area contributed by atoms with Gasteiger partial charge in [0.05, 0.1) is 11.7 Å². The molecule has 2 atom stereocenters. The van der Waals surface area contributed by atoms with Crippen molar-refractivity contribution in [3.05, 3.63) is 77.3 Å². The number of nitrogens with one attached hydrogen (secondary N) is 1. The Morgan fingerprint density at radius 3 is 2.66 bits per heavy atom. The van der Waals surface area contributed by atoms with Gasteiger partial charge < -0.3 is 14.6 Å². The molecule has 4 rings (SSSR count). The molecule has 29 heavy (non-hydrogen) atoms. The summed E-state index contributed by atoms with van der Waals surface area (Å²) >= 11 is 13.2. The highest BCUT2D eigenvalue weighted by Crippen LogP contribution is 2.41. The molecule has 0 radical (unpaired) electrons. The summed E-state index contributed by atoms with van der Waals surface area (Å²) in [7, 11) is 0. The van der Waals surface area contributed by atoms with Crippen LogP contribution in [0.2, 0.25) is 5.02 Å². The van der Waals surface area contributed by atoms with Gasteiger partial charge in [-0.2, -0.15) is 0 Å². The Morgan fingerprint density at radius 2 is 1.97 bits per heavy atom. The number of benzene rings is 1. The molecular formula is C22H22ClN3OS2. The van der Waals surface area contributed by atoms with Crippen LogP contribution in [0.15, 0.2) is 75.2 Å². The Bertz CT molecular complexity index is 975. The average Bonchev–Trinajstić information content (AvgIpc) is 3.28. The van der Waals surface area contributed by atoms with Crippen molar-refractivity contribution in [1.82, 2.24) is 15.2 Å². The van der Waals surface area contributed by atoms with Crippen LogP contribution in [-0.2, 0) is 0 Å². The summed E-state index contributed by atoms with van der Waals surface area (Å²) in [4.78, 5) is 7.86. The lowest BCUT2D eigenvalue weighted by Crippen LogP contribution is -2.32. The standard InChI is InChI=1S/C22H22ClN3OS2/c1-14(2)13-26-21(20(25-22(26)28)17-5-3-4-12-24-17)18-10-11-19(27-18)29-16-8-6-15(23)7-9-16/h3-12,14,20-21H,13H2,1-2H3,(H,25,28)/t20-,21+/m0/s1. The topological polar surface area (TPSA) is 41.3 Å². The van der Waals surface area contributed by atoms with E-state index < -0.39 is 0 Å². The maximum atomic E-state index is 6.27. The highest BCUT2D eigenvalue weighted by Gasteiger charge is 2.41. The van der Waals surface area contributed by atoms with Gasteiger partial charge in [0, 0.05) is 22.7 Å². The number of halogens is 1. The molecule has 0 unspecified atom stereocenters. The van der Waals surface area contributed by atoms with Gasteiger partial charge >= 0.3 is 0 Å². The first kappa shape index (κ1) is 20.3. The normalized spacial score (nSPS) is 19.0. The molecule has 3 heterocycles. The number of nitrogens with zero attached hydrogens (tertiary/aromatic N) is 2. The first-order chi connectivity index (χ1) is 14.0. The van der Waals surface area contributed by atoms with Crippen LogP contribution in [0, 0.1) is 5.92 Å². The Morgan fingerprint density at radius 1 is 1.17 bits per heavy atom. The van der Waals surface area contributed by atoms with Gasteiger partial charge in [-0.3, -0.25) is 4.98 Å². The van der Waals surface area contributed by atoms with Crippen LogP contribution in [-0.4, -0.2) is 21.5 Å². The maximum absolute atomic E-state index is 6.27. The number of thiocarbonyl (C=S) groups is 1. The van der Waals surface area contributed by atoms with Crippen LogP contribution >= 0.6 is 35.6 Å². The zero-order valence-electron chi connectivity index (χ0n) is 16.2. The molecule has 0 spiro atoms. The Hall–Kier alpha value is -2.02. The van der Waals surface area contributed by atoms with Crippen LogP contribution in [0.1, 0.15) is 37.4 Å². The first-order valence-corrected chi connectivity index (χ1v) is 11.1. The predicted octanol–water partition coefficient (Wildman–Crippen LogP) is 6.11. The van der Waals surface area contributed by atoms with Crippen molar-refractivity contribution in [2.75, 3.05) is 6.54 Å².